The van der Waals surface area contributed by atoms with Crippen molar-refractivity contribution in [1.29, 1.82) is 0 Å². The maximum Gasteiger partial charge on any atom is 0.258 e. The Kier molecular flexibility index (Phi) is 5.58. The summed E-state index contributed by atoms with van der Waals surface area (Å²) in [7, 11) is 0. The van der Waals surface area contributed by atoms with Crippen LogP contribution in [-0.2, 0) is 11.3 Å². The van der Waals surface area contributed by atoms with Gasteiger partial charge in [-0.2, -0.15) is 0 Å². The monoisotopic (exact) mass is 369 g/mol. The van der Waals surface area contributed by atoms with Gasteiger partial charge in [0.1, 0.15) is 5.75 Å². The van der Waals surface area contributed by atoms with E-state index in [0.717, 1.165) is 27.4 Å². The average Bonchev–Trinajstić information content (AvgIpc) is 3.17. The van der Waals surface area contributed by atoms with Crippen molar-refractivity contribution in [3.05, 3.63) is 76.8 Å². The molecule has 1 heterocycles. The zero-order valence-electron chi connectivity index (χ0n) is 14.7. The SMILES string of the molecule is Cc1cc(OCC(=O)NCc2ccc(-n3ccnc3)cc2)cc(C)c1Cl. The molecule has 1 aromatic heterocycles. The van der Waals surface area contributed by atoms with Crippen molar-refractivity contribution >= 4 is 17.5 Å². The summed E-state index contributed by atoms with van der Waals surface area (Å²) in [6.45, 7) is 4.24. The second-order valence-electron chi connectivity index (χ2n) is 6.07. The highest BCUT2D eigenvalue weighted by Crippen LogP contribution is 2.25. The first kappa shape index (κ1) is 18.0. The lowest BCUT2D eigenvalue weighted by Gasteiger charge is -2.10. The molecule has 0 atom stereocenters. The van der Waals surface area contributed by atoms with Crippen LogP contribution < -0.4 is 10.1 Å². The Morgan fingerprint density at radius 1 is 1.19 bits per heavy atom. The van der Waals surface area contributed by atoms with Crippen molar-refractivity contribution < 1.29 is 9.53 Å². The summed E-state index contributed by atoms with van der Waals surface area (Å²) in [5.74, 6) is 0.471. The minimum Gasteiger partial charge on any atom is -0.484 e. The van der Waals surface area contributed by atoms with Crippen molar-refractivity contribution in [2.24, 2.45) is 0 Å². The van der Waals surface area contributed by atoms with E-state index in [4.69, 9.17) is 16.3 Å². The molecule has 0 fully saturated rings. The molecule has 0 aliphatic heterocycles. The Labute approximate surface area is 157 Å². The molecule has 6 heteroatoms. The number of halogens is 1. The van der Waals surface area contributed by atoms with E-state index in [1.54, 1.807) is 12.5 Å². The van der Waals surface area contributed by atoms with Gasteiger partial charge in [-0.25, -0.2) is 4.98 Å². The highest BCUT2D eigenvalue weighted by Gasteiger charge is 2.07. The summed E-state index contributed by atoms with van der Waals surface area (Å²) in [4.78, 5) is 16.0. The molecule has 134 valence electrons. The molecule has 26 heavy (non-hydrogen) atoms. The maximum absolute atomic E-state index is 12.0. The van der Waals surface area contributed by atoms with E-state index < -0.39 is 0 Å². The molecule has 1 amide bonds. The van der Waals surface area contributed by atoms with Crippen LogP contribution in [-0.4, -0.2) is 22.1 Å². The predicted molar refractivity (Wildman–Crippen MR) is 102 cm³/mol. The second-order valence-corrected chi connectivity index (χ2v) is 6.45. The molecule has 5 nitrogen and oxygen atoms in total. The summed E-state index contributed by atoms with van der Waals surface area (Å²) in [5.41, 5.74) is 3.90. The van der Waals surface area contributed by atoms with Gasteiger partial charge in [-0.15, -0.1) is 0 Å². The van der Waals surface area contributed by atoms with Crippen LogP contribution in [0.25, 0.3) is 5.69 Å². The molecule has 0 unspecified atom stereocenters. The van der Waals surface area contributed by atoms with Crippen LogP contribution in [0.4, 0.5) is 0 Å². The quantitative estimate of drug-likeness (QED) is 0.718. The van der Waals surface area contributed by atoms with Gasteiger partial charge < -0.3 is 14.6 Å². The number of hydrogen-bond donors (Lipinski definition) is 1. The van der Waals surface area contributed by atoms with Gasteiger partial charge in [0.25, 0.3) is 5.91 Å². The summed E-state index contributed by atoms with van der Waals surface area (Å²) in [6.07, 6.45) is 5.36. The normalized spacial score (nSPS) is 10.6. The van der Waals surface area contributed by atoms with E-state index in [1.165, 1.54) is 0 Å². The Hall–Kier alpha value is -2.79. The number of ether oxygens (including phenoxy) is 1. The Balaban J connectivity index is 1.50. The number of benzene rings is 2. The van der Waals surface area contributed by atoms with Crippen LogP contribution >= 0.6 is 11.6 Å². The van der Waals surface area contributed by atoms with Crippen LogP contribution in [0.5, 0.6) is 5.75 Å². The van der Waals surface area contributed by atoms with E-state index >= 15 is 0 Å². The van der Waals surface area contributed by atoms with Crippen LogP contribution in [0.15, 0.2) is 55.1 Å². The fourth-order valence-corrected chi connectivity index (χ4v) is 2.70. The number of imidazole rings is 1. The molecule has 0 saturated heterocycles. The summed E-state index contributed by atoms with van der Waals surface area (Å²) in [5, 5.41) is 3.58. The van der Waals surface area contributed by atoms with Crippen LogP contribution in [0, 0.1) is 13.8 Å². The zero-order chi connectivity index (χ0) is 18.5. The second kappa shape index (κ2) is 8.06. The smallest absolute Gasteiger partial charge is 0.258 e. The van der Waals surface area contributed by atoms with Gasteiger partial charge in [0, 0.05) is 29.6 Å². The minimum absolute atomic E-state index is 0.0341. The van der Waals surface area contributed by atoms with Gasteiger partial charge in [0.2, 0.25) is 0 Å². The third kappa shape index (κ3) is 4.43. The highest BCUT2D eigenvalue weighted by molar-refractivity contribution is 6.32. The van der Waals surface area contributed by atoms with Gasteiger partial charge in [-0.3, -0.25) is 4.79 Å². The Morgan fingerprint density at radius 3 is 2.50 bits per heavy atom. The Morgan fingerprint density at radius 2 is 1.88 bits per heavy atom. The van der Waals surface area contributed by atoms with Crippen molar-refractivity contribution in [2.45, 2.75) is 20.4 Å². The van der Waals surface area contributed by atoms with E-state index in [1.807, 2.05) is 61.0 Å². The summed E-state index contributed by atoms with van der Waals surface area (Å²) < 4.78 is 7.48. The fraction of sp³-hybridized carbons (Fsp3) is 0.200. The Bertz CT molecular complexity index is 867. The van der Waals surface area contributed by atoms with Crippen molar-refractivity contribution in [1.82, 2.24) is 14.9 Å². The molecular weight excluding hydrogens is 350 g/mol. The first-order valence-electron chi connectivity index (χ1n) is 8.26. The molecular formula is C20H20ClN3O2. The largest absolute Gasteiger partial charge is 0.484 e. The van der Waals surface area contributed by atoms with E-state index in [9.17, 15) is 4.79 Å². The molecule has 3 aromatic rings. The maximum atomic E-state index is 12.0. The number of nitrogens with zero attached hydrogens (tertiary/aromatic N) is 2. The molecule has 2 aromatic carbocycles. The third-order valence-corrected chi connectivity index (χ3v) is 4.60. The number of carbonyl (C=O) groups is 1. The molecule has 0 bridgehead atoms. The highest BCUT2D eigenvalue weighted by atomic mass is 35.5. The standard InChI is InChI=1S/C20H20ClN3O2/c1-14-9-18(10-15(2)20(14)21)26-12-19(25)23-11-16-3-5-17(6-4-16)24-8-7-22-13-24/h3-10,13H,11-12H2,1-2H3,(H,23,25). The lowest BCUT2D eigenvalue weighted by atomic mass is 10.1. The first-order chi connectivity index (χ1) is 12.5. The molecule has 0 saturated carbocycles. The first-order valence-corrected chi connectivity index (χ1v) is 8.64. The zero-order valence-corrected chi connectivity index (χ0v) is 15.5. The van der Waals surface area contributed by atoms with Gasteiger partial charge in [-0.05, 0) is 54.8 Å². The number of amides is 1. The lowest BCUT2D eigenvalue weighted by molar-refractivity contribution is -0.123. The number of nitrogens with one attached hydrogen (secondary N) is 1. The minimum atomic E-state index is -0.172. The van der Waals surface area contributed by atoms with Crippen molar-refractivity contribution in [2.75, 3.05) is 6.61 Å². The fourth-order valence-electron chi connectivity index (χ4n) is 2.59. The molecule has 0 spiro atoms. The van der Waals surface area contributed by atoms with Crippen molar-refractivity contribution in [3.63, 3.8) is 0 Å². The number of aromatic nitrogens is 2. The number of hydrogen-bond acceptors (Lipinski definition) is 3. The molecule has 0 aliphatic rings. The number of rotatable bonds is 6. The van der Waals surface area contributed by atoms with E-state index in [2.05, 4.69) is 10.3 Å². The number of carbonyl (C=O) groups excluding carboxylic acids is 1. The lowest BCUT2D eigenvalue weighted by Crippen LogP contribution is -2.28. The van der Waals surface area contributed by atoms with Gasteiger partial charge in [0.15, 0.2) is 6.61 Å². The molecule has 0 radical (unpaired) electrons. The molecule has 1 N–H and O–H groups in total. The summed E-state index contributed by atoms with van der Waals surface area (Å²) in [6, 6.07) is 11.6. The number of aryl methyl sites for hydroxylation is 2. The van der Waals surface area contributed by atoms with Gasteiger partial charge in [-0.1, -0.05) is 23.7 Å². The van der Waals surface area contributed by atoms with Gasteiger partial charge >= 0.3 is 0 Å². The van der Waals surface area contributed by atoms with Gasteiger partial charge in [0.05, 0.1) is 6.33 Å². The third-order valence-electron chi connectivity index (χ3n) is 4.01. The van der Waals surface area contributed by atoms with Crippen LogP contribution in [0.1, 0.15) is 16.7 Å². The average molecular weight is 370 g/mol. The molecule has 0 aliphatic carbocycles. The molecule has 3 rings (SSSR count). The summed E-state index contributed by atoms with van der Waals surface area (Å²) >= 11 is 6.13. The van der Waals surface area contributed by atoms with Crippen LogP contribution in [0.3, 0.4) is 0 Å². The topological polar surface area (TPSA) is 56.1 Å². The van der Waals surface area contributed by atoms with E-state index in [0.29, 0.717) is 12.3 Å². The van der Waals surface area contributed by atoms with Crippen molar-refractivity contribution in [3.8, 4) is 11.4 Å². The van der Waals surface area contributed by atoms with E-state index in [-0.39, 0.29) is 12.5 Å². The van der Waals surface area contributed by atoms with Crippen LogP contribution in [0.2, 0.25) is 5.02 Å². The predicted octanol–water partition coefficient (Wildman–Crippen LogP) is 3.84.